The Balaban J connectivity index is 0.000000487. The molecule has 2 N–H and O–H groups in total. The summed E-state index contributed by atoms with van der Waals surface area (Å²) < 4.78 is 38.6. The zero-order valence-electron chi connectivity index (χ0n) is 13.7. The van der Waals surface area contributed by atoms with E-state index in [0.717, 1.165) is 17.8 Å². The molecule has 26 heavy (non-hydrogen) atoms. The Kier molecular flexibility index (Phi) is 7.81. The van der Waals surface area contributed by atoms with Crippen LogP contribution in [-0.2, 0) is 26.0 Å². The Hall–Kier alpha value is -2.85. The summed E-state index contributed by atoms with van der Waals surface area (Å²) in [5, 5.41) is 14.8. The summed E-state index contributed by atoms with van der Waals surface area (Å²) in [6.45, 7) is 0.316. The van der Waals surface area contributed by atoms with Crippen LogP contribution in [-0.4, -0.2) is 53.5 Å². The van der Waals surface area contributed by atoms with E-state index in [9.17, 15) is 12.8 Å². The first-order chi connectivity index (χ1) is 12.1. The lowest BCUT2D eigenvalue weighted by Crippen LogP contribution is -2.29. The number of carboxylic acid groups (broad SMARTS) is 2. The smallest absolute Gasteiger partial charge is 0.414 e. The zero-order chi connectivity index (χ0) is 19.7. The minimum atomic E-state index is -3.59. The van der Waals surface area contributed by atoms with Gasteiger partial charge in [-0.05, 0) is 36.4 Å². The van der Waals surface area contributed by atoms with E-state index in [1.165, 1.54) is 23.5 Å². The molecule has 8 nitrogen and oxygen atoms in total. The lowest BCUT2D eigenvalue weighted by molar-refractivity contribution is -0.159. The van der Waals surface area contributed by atoms with E-state index in [4.69, 9.17) is 19.8 Å². The van der Waals surface area contributed by atoms with E-state index in [1.54, 1.807) is 6.20 Å². The van der Waals surface area contributed by atoms with Gasteiger partial charge in [0.15, 0.2) is 0 Å². The Bertz CT molecular complexity index is 829. The van der Waals surface area contributed by atoms with Gasteiger partial charge in [-0.3, -0.25) is 4.98 Å². The highest BCUT2D eigenvalue weighted by molar-refractivity contribution is 7.89. The molecule has 0 unspecified atom stereocenters. The van der Waals surface area contributed by atoms with Gasteiger partial charge >= 0.3 is 11.9 Å². The van der Waals surface area contributed by atoms with Gasteiger partial charge in [0.05, 0.1) is 4.90 Å². The third-order valence-corrected chi connectivity index (χ3v) is 4.98. The third kappa shape index (κ3) is 6.57. The molecule has 0 atom stereocenters. The molecular formula is C16H17FN2O6S. The van der Waals surface area contributed by atoms with Crippen LogP contribution in [0.1, 0.15) is 5.69 Å². The number of halogens is 1. The van der Waals surface area contributed by atoms with Gasteiger partial charge in [-0.2, -0.15) is 0 Å². The van der Waals surface area contributed by atoms with Crippen molar-refractivity contribution in [2.24, 2.45) is 0 Å². The van der Waals surface area contributed by atoms with Crippen molar-refractivity contribution in [1.29, 1.82) is 0 Å². The number of sulfonamides is 1. The summed E-state index contributed by atoms with van der Waals surface area (Å²) in [5.74, 6) is -4.11. The summed E-state index contributed by atoms with van der Waals surface area (Å²) in [5.41, 5.74) is 0.827. The van der Waals surface area contributed by atoms with Crippen LogP contribution in [0.3, 0.4) is 0 Å². The maximum atomic E-state index is 12.8. The minimum absolute atomic E-state index is 0.0856. The minimum Gasteiger partial charge on any atom is -0.473 e. The predicted octanol–water partition coefficient (Wildman–Crippen LogP) is 1.24. The fourth-order valence-corrected chi connectivity index (χ4v) is 2.90. The van der Waals surface area contributed by atoms with E-state index in [-0.39, 0.29) is 4.90 Å². The molecular weight excluding hydrogens is 367 g/mol. The van der Waals surface area contributed by atoms with Gasteiger partial charge in [0, 0.05) is 31.9 Å². The van der Waals surface area contributed by atoms with Crippen molar-refractivity contribution < 1.29 is 32.6 Å². The number of nitrogens with zero attached hydrogens (tertiary/aromatic N) is 2. The lowest BCUT2D eigenvalue weighted by atomic mass is 10.3. The zero-order valence-corrected chi connectivity index (χ0v) is 14.6. The van der Waals surface area contributed by atoms with Crippen LogP contribution < -0.4 is 0 Å². The van der Waals surface area contributed by atoms with Crippen LogP contribution in [0.4, 0.5) is 4.39 Å². The first kappa shape index (κ1) is 21.2. The molecule has 0 spiro atoms. The second-order valence-corrected chi connectivity index (χ2v) is 7.01. The molecule has 0 amide bonds. The topological polar surface area (TPSA) is 125 Å². The molecule has 0 aliphatic carbocycles. The number of carboxylic acids is 2. The summed E-state index contributed by atoms with van der Waals surface area (Å²) in [4.78, 5) is 22.4. The average Bonchev–Trinajstić information content (AvgIpc) is 2.61. The number of carbonyl (C=O) groups is 2. The molecule has 0 saturated carbocycles. The van der Waals surface area contributed by atoms with Crippen LogP contribution in [0.15, 0.2) is 53.6 Å². The van der Waals surface area contributed by atoms with Gasteiger partial charge < -0.3 is 10.2 Å². The van der Waals surface area contributed by atoms with Crippen molar-refractivity contribution in [2.45, 2.75) is 11.3 Å². The van der Waals surface area contributed by atoms with Crippen LogP contribution in [0.2, 0.25) is 0 Å². The first-order valence-corrected chi connectivity index (χ1v) is 8.66. The van der Waals surface area contributed by atoms with E-state index >= 15 is 0 Å². The molecule has 2 aromatic rings. The first-order valence-electron chi connectivity index (χ1n) is 7.22. The number of benzene rings is 1. The van der Waals surface area contributed by atoms with Crippen molar-refractivity contribution in [1.82, 2.24) is 9.29 Å². The van der Waals surface area contributed by atoms with Crippen LogP contribution >= 0.6 is 0 Å². The Morgan fingerprint density at radius 2 is 1.65 bits per heavy atom. The van der Waals surface area contributed by atoms with Crippen molar-refractivity contribution >= 4 is 22.0 Å². The van der Waals surface area contributed by atoms with Gasteiger partial charge in [0.25, 0.3) is 0 Å². The van der Waals surface area contributed by atoms with Crippen molar-refractivity contribution in [3.8, 4) is 0 Å². The monoisotopic (exact) mass is 384 g/mol. The highest BCUT2D eigenvalue weighted by atomic mass is 32.2. The van der Waals surface area contributed by atoms with E-state index < -0.39 is 27.8 Å². The third-order valence-electron chi connectivity index (χ3n) is 3.11. The van der Waals surface area contributed by atoms with Crippen LogP contribution in [0.25, 0.3) is 0 Å². The molecule has 1 aromatic carbocycles. The second-order valence-electron chi connectivity index (χ2n) is 4.96. The average molecular weight is 384 g/mol. The predicted molar refractivity (Wildman–Crippen MR) is 89.4 cm³/mol. The number of hydrogen-bond acceptors (Lipinski definition) is 5. The van der Waals surface area contributed by atoms with Crippen LogP contribution in [0, 0.1) is 5.82 Å². The van der Waals surface area contributed by atoms with Gasteiger partial charge in [-0.25, -0.2) is 26.7 Å². The molecule has 1 aromatic heterocycles. The molecule has 0 aliphatic heterocycles. The molecule has 0 saturated heterocycles. The number of rotatable bonds is 5. The number of aliphatic carboxylic acids is 2. The summed E-state index contributed by atoms with van der Waals surface area (Å²) in [7, 11) is -2.09. The van der Waals surface area contributed by atoms with Crippen molar-refractivity contribution in [3.05, 3.63) is 60.2 Å². The standard InChI is InChI=1S/C14H15FN2O2S.C2H2O4/c1-17(11-9-13-4-2-3-10-16-13)20(18,19)14-7-5-12(15)6-8-14;3-1(4)2(5)6/h2-8,10H,9,11H2,1H3;(H,3,4)(H,5,6). The highest BCUT2D eigenvalue weighted by Gasteiger charge is 2.20. The van der Waals surface area contributed by atoms with E-state index in [1.807, 2.05) is 18.2 Å². The quantitative estimate of drug-likeness (QED) is 0.743. The number of likely N-dealkylation sites (N-methyl/N-ethyl adjacent to an activating group) is 1. The molecule has 1 heterocycles. The highest BCUT2D eigenvalue weighted by Crippen LogP contribution is 2.15. The number of hydrogen-bond donors (Lipinski definition) is 2. The Morgan fingerprint density at radius 1 is 1.08 bits per heavy atom. The summed E-state index contributed by atoms with van der Waals surface area (Å²) in [6.07, 6.45) is 2.20. The van der Waals surface area contributed by atoms with Gasteiger partial charge in [0.2, 0.25) is 10.0 Å². The Labute approximate surface area is 149 Å². The van der Waals surface area contributed by atoms with Crippen LogP contribution in [0.5, 0.6) is 0 Å². The number of aromatic nitrogens is 1. The molecule has 2 rings (SSSR count). The van der Waals surface area contributed by atoms with Crippen molar-refractivity contribution in [2.75, 3.05) is 13.6 Å². The largest absolute Gasteiger partial charge is 0.473 e. The van der Waals surface area contributed by atoms with Gasteiger partial charge in [-0.1, -0.05) is 6.07 Å². The maximum Gasteiger partial charge on any atom is 0.414 e. The summed E-state index contributed by atoms with van der Waals surface area (Å²) in [6, 6.07) is 10.3. The van der Waals surface area contributed by atoms with Gasteiger partial charge in [0.1, 0.15) is 5.82 Å². The second kappa shape index (κ2) is 9.59. The van der Waals surface area contributed by atoms with E-state index in [2.05, 4.69) is 4.98 Å². The van der Waals surface area contributed by atoms with Crippen molar-refractivity contribution in [3.63, 3.8) is 0 Å². The molecule has 0 radical (unpaired) electrons. The Morgan fingerprint density at radius 3 is 2.12 bits per heavy atom. The van der Waals surface area contributed by atoms with Gasteiger partial charge in [-0.15, -0.1) is 0 Å². The normalized spacial score (nSPS) is 10.7. The molecule has 10 heteroatoms. The lowest BCUT2D eigenvalue weighted by Gasteiger charge is -2.16. The fraction of sp³-hybridized carbons (Fsp3) is 0.188. The maximum absolute atomic E-state index is 12.8. The van der Waals surface area contributed by atoms with E-state index in [0.29, 0.717) is 13.0 Å². The molecule has 0 fully saturated rings. The fourth-order valence-electron chi connectivity index (χ4n) is 1.72. The number of pyridine rings is 1. The molecule has 140 valence electrons. The SMILES string of the molecule is CN(CCc1ccccn1)S(=O)(=O)c1ccc(F)cc1.O=C(O)C(=O)O. The summed E-state index contributed by atoms with van der Waals surface area (Å²) >= 11 is 0. The molecule has 0 bridgehead atoms. The molecule has 0 aliphatic rings.